The Morgan fingerprint density at radius 3 is 2.74 bits per heavy atom. The van der Waals surface area contributed by atoms with E-state index in [0.29, 0.717) is 12.1 Å². The molecule has 1 N–H and O–H groups in total. The third-order valence-corrected chi connectivity index (χ3v) is 2.80. The van der Waals surface area contributed by atoms with Crippen LogP contribution in [0, 0.1) is 18.6 Å². The van der Waals surface area contributed by atoms with Crippen molar-refractivity contribution < 1.29 is 8.78 Å². The average Bonchev–Trinajstić information content (AvgIpc) is 2.72. The summed E-state index contributed by atoms with van der Waals surface area (Å²) < 4.78 is 27.9. The van der Waals surface area contributed by atoms with Crippen LogP contribution in [-0.4, -0.2) is 9.55 Å². The summed E-state index contributed by atoms with van der Waals surface area (Å²) >= 11 is 0. The predicted molar refractivity (Wildman–Crippen MR) is 70.9 cm³/mol. The number of nitrogens with zero attached hydrogens (tertiary/aromatic N) is 2. The smallest absolute Gasteiger partial charge is 0.203 e. The zero-order chi connectivity index (χ0) is 13.8. The minimum absolute atomic E-state index is 0.414. The van der Waals surface area contributed by atoms with E-state index in [-0.39, 0.29) is 0 Å². The molecule has 0 radical (unpaired) electrons. The Morgan fingerprint density at radius 2 is 2.05 bits per heavy atom. The fourth-order valence-electron chi connectivity index (χ4n) is 1.93. The molecule has 1 aromatic heterocycles. The van der Waals surface area contributed by atoms with Crippen molar-refractivity contribution in [2.75, 3.05) is 5.32 Å². The van der Waals surface area contributed by atoms with Crippen molar-refractivity contribution in [1.29, 1.82) is 0 Å². The molecule has 0 saturated carbocycles. The van der Waals surface area contributed by atoms with Crippen LogP contribution in [0.4, 0.5) is 14.7 Å². The van der Waals surface area contributed by atoms with Crippen LogP contribution < -0.4 is 5.32 Å². The minimum atomic E-state index is -0.827. The number of imidazole rings is 1. The first-order valence-corrected chi connectivity index (χ1v) is 6.31. The largest absolute Gasteiger partial charge is 0.352 e. The number of rotatable bonds is 5. The van der Waals surface area contributed by atoms with Crippen LogP contribution in [-0.2, 0) is 13.1 Å². The Morgan fingerprint density at radius 1 is 1.26 bits per heavy atom. The Kier molecular flexibility index (Phi) is 4.14. The van der Waals surface area contributed by atoms with Gasteiger partial charge in [0, 0.05) is 19.3 Å². The van der Waals surface area contributed by atoms with E-state index in [2.05, 4.69) is 17.2 Å². The van der Waals surface area contributed by atoms with Crippen molar-refractivity contribution in [3.63, 3.8) is 0 Å². The Balaban J connectivity index is 2.07. The third kappa shape index (κ3) is 3.30. The van der Waals surface area contributed by atoms with Crippen LogP contribution in [0.15, 0.2) is 24.4 Å². The molecular formula is C14H17F2N3. The highest BCUT2D eigenvalue weighted by atomic mass is 19.2. The summed E-state index contributed by atoms with van der Waals surface area (Å²) in [5.74, 6) is -0.899. The number of hydrogen-bond donors (Lipinski definition) is 1. The van der Waals surface area contributed by atoms with E-state index in [1.165, 1.54) is 6.07 Å². The maximum Gasteiger partial charge on any atom is 0.203 e. The van der Waals surface area contributed by atoms with Crippen molar-refractivity contribution >= 4 is 5.95 Å². The van der Waals surface area contributed by atoms with Gasteiger partial charge in [-0.1, -0.05) is 13.0 Å². The molecule has 5 heteroatoms. The number of halogens is 2. The molecule has 19 heavy (non-hydrogen) atoms. The molecule has 0 fully saturated rings. The highest BCUT2D eigenvalue weighted by Crippen LogP contribution is 2.13. The lowest BCUT2D eigenvalue weighted by atomic mass is 10.2. The third-order valence-electron chi connectivity index (χ3n) is 2.80. The van der Waals surface area contributed by atoms with Crippen LogP contribution in [0.3, 0.4) is 0 Å². The van der Waals surface area contributed by atoms with Crippen LogP contribution in [0.1, 0.15) is 24.6 Å². The van der Waals surface area contributed by atoms with E-state index >= 15 is 0 Å². The summed E-state index contributed by atoms with van der Waals surface area (Å²) in [7, 11) is 0. The first-order chi connectivity index (χ1) is 9.10. The molecule has 0 amide bonds. The van der Waals surface area contributed by atoms with Gasteiger partial charge in [0.2, 0.25) is 5.95 Å². The molecule has 2 rings (SSSR count). The lowest BCUT2D eigenvalue weighted by Crippen LogP contribution is -2.07. The lowest BCUT2D eigenvalue weighted by Gasteiger charge is -2.09. The van der Waals surface area contributed by atoms with Gasteiger partial charge in [0.15, 0.2) is 11.6 Å². The van der Waals surface area contributed by atoms with Crippen molar-refractivity contribution in [3.05, 3.63) is 47.3 Å². The van der Waals surface area contributed by atoms with Gasteiger partial charge in [0.25, 0.3) is 0 Å². The van der Waals surface area contributed by atoms with Gasteiger partial charge in [0.1, 0.15) is 0 Å². The molecule has 0 unspecified atom stereocenters. The maximum absolute atomic E-state index is 13.1. The molecule has 0 atom stereocenters. The number of hydrogen-bond acceptors (Lipinski definition) is 2. The number of nitrogens with one attached hydrogen (secondary N) is 1. The second-order valence-corrected chi connectivity index (χ2v) is 4.50. The summed E-state index contributed by atoms with van der Waals surface area (Å²) in [6.45, 7) is 5.31. The summed E-state index contributed by atoms with van der Waals surface area (Å²) in [6, 6.07) is 3.89. The van der Waals surface area contributed by atoms with Gasteiger partial charge in [-0.25, -0.2) is 13.8 Å². The average molecular weight is 265 g/mol. The molecule has 2 aromatic rings. The van der Waals surface area contributed by atoms with Crippen LogP contribution >= 0.6 is 0 Å². The lowest BCUT2D eigenvalue weighted by molar-refractivity contribution is 0.507. The van der Waals surface area contributed by atoms with Gasteiger partial charge < -0.3 is 9.88 Å². The molecule has 0 bridgehead atoms. The summed E-state index contributed by atoms with van der Waals surface area (Å²) in [5, 5.41) is 3.14. The highest BCUT2D eigenvalue weighted by molar-refractivity contribution is 5.31. The maximum atomic E-state index is 13.1. The molecule has 0 aliphatic carbocycles. The molecule has 3 nitrogen and oxygen atoms in total. The van der Waals surface area contributed by atoms with Gasteiger partial charge in [0.05, 0.1) is 5.69 Å². The second kappa shape index (κ2) is 5.82. The molecular weight excluding hydrogens is 248 g/mol. The molecule has 1 aromatic carbocycles. The van der Waals surface area contributed by atoms with Crippen molar-refractivity contribution in [1.82, 2.24) is 9.55 Å². The van der Waals surface area contributed by atoms with E-state index in [4.69, 9.17) is 0 Å². The quantitative estimate of drug-likeness (QED) is 0.896. The molecule has 0 saturated heterocycles. The Bertz CT molecular complexity index is 564. The van der Waals surface area contributed by atoms with Gasteiger partial charge in [-0.15, -0.1) is 0 Å². The van der Waals surface area contributed by atoms with Crippen molar-refractivity contribution in [2.24, 2.45) is 0 Å². The monoisotopic (exact) mass is 265 g/mol. The normalized spacial score (nSPS) is 10.7. The summed E-state index contributed by atoms with van der Waals surface area (Å²) in [5.41, 5.74) is 1.61. The summed E-state index contributed by atoms with van der Waals surface area (Å²) in [4.78, 5) is 4.37. The molecule has 0 aliphatic rings. The number of aromatic nitrogens is 2. The number of benzene rings is 1. The summed E-state index contributed by atoms with van der Waals surface area (Å²) in [6.07, 6.45) is 2.98. The first kappa shape index (κ1) is 13.5. The van der Waals surface area contributed by atoms with Gasteiger partial charge >= 0.3 is 0 Å². The molecule has 0 aliphatic heterocycles. The van der Waals surface area contributed by atoms with Gasteiger partial charge in [-0.05, 0) is 31.0 Å². The van der Waals surface area contributed by atoms with E-state index in [1.54, 1.807) is 6.07 Å². The zero-order valence-electron chi connectivity index (χ0n) is 11.1. The standard InChI is InChI=1S/C14H17F2N3/c1-3-6-19-9-10(2)18-14(19)17-8-11-4-5-12(15)13(16)7-11/h4-5,7,9H,3,6,8H2,1-2H3,(H,17,18). The Hall–Kier alpha value is -1.91. The molecule has 102 valence electrons. The van der Waals surface area contributed by atoms with Gasteiger partial charge in [-0.2, -0.15) is 0 Å². The van der Waals surface area contributed by atoms with Crippen LogP contribution in [0.25, 0.3) is 0 Å². The fraction of sp³-hybridized carbons (Fsp3) is 0.357. The topological polar surface area (TPSA) is 29.9 Å². The second-order valence-electron chi connectivity index (χ2n) is 4.50. The first-order valence-electron chi connectivity index (χ1n) is 6.31. The minimum Gasteiger partial charge on any atom is -0.352 e. The SMILES string of the molecule is CCCn1cc(C)nc1NCc1ccc(F)c(F)c1. The van der Waals surface area contributed by atoms with E-state index in [9.17, 15) is 8.78 Å². The number of anilines is 1. The van der Waals surface area contributed by atoms with Crippen molar-refractivity contribution in [2.45, 2.75) is 33.4 Å². The highest BCUT2D eigenvalue weighted by Gasteiger charge is 2.06. The van der Waals surface area contributed by atoms with Crippen LogP contribution in [0.2, 0.25) is 0 Å². The number of aryl methyl sites for hydroxylation is 2. The van der Waals surface area contributed by atoms with E-state index in [0.717, 1.165) is 30.7 Å². The molecule has 1 heterocycles. The van der Waals surface area contributed by atoms with E-state index in [1.807, 2.05) is 17.7 Å². The van der Waals surface area contributed by atoms with Crippen LogP contribution in [0.5, 0.6) is 0 Å². The Labute approximate surface area is 111 Å². The van der Waals surface area contributed by atoms with Gasteiger partial charge in [-0.3, -0.25) is 0 Å². The van der Waals surface area contributed by atoms with Crippen molar-refractivity contribution in [3.8, 4) is 0 Å². The fourth-order valence-corrected chi connectivity index (χ4v) is 1.93. The predicted octanol–water partition coefficient (Wildman–Crippen LogP) is 3.49. The zero-order valence-corrected chi connectivity index (χ0v) is 11.1. The van der Waals surface area contributed by atoms with E-state index < -0.39 is 11.6 Å². The molecule has 0 spiro atoms.